The Balaban J connectivity index is 2.02. The van der Waals surface area contributed by atoms with Crippen LogP contribution < -0.4 is 5.73 Å². The van der Waals surface area contributed by atoms with E-state index in [2.05, 4.69) is 11.2 Å². The first kappa shape index (κ1) is 12.2. The van der Waals surface area contributed by atoms with Crippen LogP contribution in [0.2, 0.25) is 0 Å². The number of pyridine rings is 1. The highest BCUT2D eigenvalue weighted by atomic mass is 32.2. The van der Waals surface area contributed by atoms with E-state index in [-0.39, 0.29) is 5.91 Å². The van der Waals surface area contributed by atoms with Gasteiger partial charge in [-0.3, -0.25) is 4.79 Å². The van der Waals surface area contributed by atoms with E-state index in [1.165, 1.54) is 0 Å². The third-order valence-corrected chi connectivity index (χ3v) is 4.23. The van der Waals surface area contributed by atoms with Crippen LogP contribution in [-0.4, -0.2) is 40.4 Å². The van der Waals surface area contributed by atoms with Crippen molar-refractivity contribution in [1.82, 2.24) is 9.88 Å². The average molecular weight is 251 g/mol. The molecule has 1 fully saturated rings. The largest absolute Gasteiger partial charge is 0.384 e. The topological polar surface area (TPSA) is 59.2 Å². The molecular weight excluding hydrogens is 234 g/mol. The van der Waals surface area contributed by atoms with E-state index in [0.717, 1.165) is 25.9 Å². The molecule has 1 aliphatic rings. The number of piperidine rings is 1. The Morgan fingerprint density at radius 1 is 1.53 bits per heavy atom. The van der Waals surface area contributed by atoms with Gasteiger partial charge in [0.2, 0.25) is 0 Å². The molecule has 2 rings (SSSR count). The van der Waals surface area contributed by atoms with Crippen molar-refractivity contribution in [3.63, 3.8) is 0 Å². The smallest absolute Gasteiger partial charge is 0.254 e. The Kier molecular flexibility index (Phi) is 3.89. The summed E-state index contributed by atoms with van der Waals surface area (Å²) in [4.78, 5) is 18.0. The predicted molar refractivity (Wildman–Crippen MR) is 71.1 cm³/mol. The van der Waals surface area contributed by atoms with Gasteiger partial charge < -0.3 is 10.6 Å². The summed E-state index contributed by atoms with van der Waals surface area (Å²) < 4.78 is 0. The van der Waals surface area contributed by atoms with Gasteiger partial charge in [0.25, 0.3) is 5.91 Å². The molecule has 0 aromatic carbocycles. The van der Waals surface area contributed by atoms with Crippen LogP contribution in [0.1, 0.15) is 23.2 Å². The molecule has 0 aliphatic carbocycles. The van der Waals surface area contributed by atoms with Crippen molar-refractivity contribution in [3.8, 4) is 0 Å². The van der Waals surface area contributed by atoms with Crippen LogP contribution in [-0.2, 0) is 0 Å². The molecular formula is C12H17N3OS. The van der Waals surface area contributed by atoms with Gasteiger partial charge in [0, 0.05) is 30.1 Å². The van der Waals surface area contributed by atoms with Gasteiger partial charge in [-0.15, -0.1) is 0 Å². The molecule has 92 valence electrons. The fraction of sp³-hybridized carbons (Fsp3) is 0.500. The van der Waals surface area contributed by atoms with E-state index in [0.29, 0.717) is 16.6 Å². The second-order valence-corrected chi connectivity index (χ2v) is 5.33. The van der Waals surface area contributed by atoms with Gasteiger partial charge in [-0.2, -0.15) is 11.8 Å². The molecule has 17 heavy (non-hydrogen) atoms. The molecule has 0 atom stereocenters. The lowest BCUT2D eigenvalue weighted by atomic mass is 10.1. The third-order valence-electron chi connectivity index (χ3n) is 3.09. The van der Waals surface area contributed by atoms with Crippen molar-refractivity contribution in [1.29, 1.82) is 0 Å². The zero-order chi connectivity index (χ0) is 12.3. The number of thioether (sulfide) groups is 1. The number of nitrogens with two attached hydrogens (primary N) is 1. The number of nitrogen functional groups attached to an aromatic ring is 1. The van der Waals surface area contributed by atoms with Crippen LogP contribution in [0.3, 0.4) is 0 Å². The monoisotopic (exact) mass is 251 g/mol. The van der Waals surface area contributed by atoms with Gasteiger partial charge in [-0.05, 0) is 31.2 Å². The number of nitrogens with zero attached hydrogens (tertiary/aromatic N) is 2. The number of carbonyl (C=O) groups is 1. The molecule has 0 saturated carbocycles. The number of aromatic nitrogens is 1. The highest BCUT2D eigenvalue weighted by molar-refractivity contribution is 7.99. The summed E-state index contributed by atoms with van der Waals surface area (Å²) in [5.74, 6) is 0.466. The van der Waals surface area contributed by atoms with Gasteiger partial charge >= 0.3 is 0 Å². The predicted octanol–water partition coefficient (Wildman–Crippen LogP) is 1.63. The normalized spacial score (nSPS) is 17.1. The molecule has 1 aliphatic heterocycles. The second-order valence-electron chi connectivity index (χ2n) is 4.20. The molecule has 1 amide bonds. The Hall–Kier alpha value is -1.23. The fourth-order valence-corrected chi connectivity index (χ4v) is 2.74. The van der Waals surface area contributed by atoms with Crippen LogP contribution in [0.5, 0.6) is 0 Å². The summed E-state index contributed by atoms with van der Waals surface area (Å²) in [6, 6.07) is 3.36. The van der Waals surface area contributed by atoms with Crippen LogP contribution in [0.25, 0.3) is 0 Å². The van der Waals surface area contributed by atoms with Crippen LogP contribution in [0.15, 0.2) is 18.3 Å². The second kappa shape index (κ2) is 5.40. The van der Waals surface area contributed by atoms with E-state index in [4.69, 9.17) is 5.73 Å². The van der Waals surface area contributed by atoms with Crippen molar-refractivity contribution in [2.75, 3.05) is 25.1 Å². The minimum Gasteiger partial charge on any atom is -0.384 e. The standard InChI is InChI=1S/C12H17N3OS/c1-17-10-3-6-15(7-4-10)12(16)9-2-5-14-11(13)8-9/h2,5,8,10H,3-4,6-7H2,1H3,(H2,13,14). The summed E-state index contributed by atoms with van der Waals surface area (Å²) in [5.41, 5.74) is 6.22. The molecule has 2 heterocycles. The molecule has 0 radical (unpaired) electrons. The first-order valence-electron chi connectivity index (χ1n) is 5.74. The number of rotatable bonds is 2. The number of likely N-dealkylation sites (tertiary alicyclic amines) is 1. The van der Waals surface area contributed by atoms with E-state index in [1.54, 1.807) is 18.3 Å². The summed E-state index contributed by atoms with van der Waals surface area (Å²) in [5, 5.41) is 0.696. The molecule has 2 N–H and O–H groups in total. The first-order chi connectivity index (χ1) is 8.20. The number of anilines is 1. The highest BCUT2D eigenvalue weighted by Gasteiger charge is 2.23. The van der Waals surface area contributed by atoms with Crippen molar-refractivity contribution in [3.05, 3.63) is 23.9 Å². The summed E-state index contributed by atoms with van der Waals surface area (Å²) >= 11 is 1.89. The summed E-state index contributed by atoms with van der Waals surface area (Å²) in [6.45, 7) is 1.68. The van der Waals surface area contributed by atoms with Crippen LogP contribution in [0, 0.1) is 0 Å². The maximum atomic E-state index is 12.2. The van der Waals surface area contributed by atoms with Gasteiger partial charge in [0.05, 0.1) is 0 Å². The van der Waals surface area contributed by atoms with Gasteiger partial charge in [-0.25, -0.2) is 4.98 Å². The third kappa shape index (κ3) is 2.91. The number of carbonyl (C=O) groups excluding carboxylic acids is 1. The number of hydrogen-bond acceptors (Lipinski definition) is 4. The lowest BCUT2D eigenvalue weighted by Crippen LogP contribution is -2.39. The van der Waals surface area contributed by atoms with Crippen LogP contribution >= 0.6 is 11.8 Å². The van der Waals surface area contributed by atoms with Crippen molar-refractivity contribution < 1.29 is 4.79 Å². The minimum absolute atomic E-state index is 0.0682. The van der Waals surface area contributed by atoms with Gasteiger partial charge in [-0.1, -0.05) is 0 Å². The maximum Gasteiger partial charge on any atom is 0.254 e. The number of hydrogen-bond donors (Lipinski definition) is 1. The van der Waals surface area contributed by atoms with Gasteiger partial charge in [0.15, 0.2) is 0 Å². The zero-order valence-corrected chi connectivity index (χ0v) is 10.7. The molecule has 1 aromatic rings. The fourth-order valence-electron chi connectivity index (χ4n) is 2.06. The summed E-state index contributed by atoms with van der Waals surface area (Å²) in [6.07, 6.45) is 5.86. The lowest BCUT2D eigenvalue weighted by molar-refractivity contribution is 0.0727. The van der Waals surface area contributed by atoms with E-state index < -0.39 is 0 Å². The van der Waals surface area contributed by atoms with E-state index >= 15 is 0 Å². The first-order valence-corrected chi connectivity index (χ1v) is 7.03. The molecule has 0 unspecified atom stereocenters. The molecule has 1 saturated heterocycles. The molecule has 1 aromatic heterocycles. The molecule has 5 heteroatoms. The zero-order valence-electron chi connectivity index (χ0n) is 9.93. The van der Waals surface area contributed by atoms with E-state index in [1.807, 2.05) is 16.7 Å². The number of amides is 1. The summed E-state index contributed by atoms with van der Waals surface area (Å²) in [7, 11) is 0. The van der Waals surface area contributed by atoms with Crippen molar-refractivity contribution in [2.45, 2.75) is 18.1 Å². The SMILES string of the molecule is CSC1CCN(C(=O)c2ccnc(N)c2)CC1. The Bertz CT molecular complexity index is 402. The van der Waals surface area contributed by atoms with Gasteiger partial charge in [0.1, 0.15) is 5.82 Å². The van der Waals surface area contributed by atoms with Crippen molar-refractivity contribution in [2.24, 2.45) is 0 Å². The quantitative estimate of drug-likeness (QED) is 0.868. The maximum absolute atomic E-state index is 12.2. The average Bonchev–Trinajstić information content (AvgIpc) is 2.38. The molecule has 0 spiro atoms. The Morgan fingerprint density at radius 3 is 2.82 bits per heavy atom. The van der Waals surface area contributed by atoms with Crippen molar-refractivity contribution >= 4 is 23.5 Å². The lowest BCUT2D eigenvalue weighted by Gasteiger charge is -2.31. The molecule has 0 bridgehead atoms. The van der Waals surface area contributed by atoms with E-state index in [9.17, 15) is 4.79 Å². The van der Waals surface area contributed by atoms with Crippen LogP contribution in [0.4, 0.5) is 5.82 Å². The molecule has 4 nitrogen and oxygen atoms in total. The minimum atomic E-state index is 0.0682. The highest BCUT2D eigenvalue weighted by Crippen LogP contribution is 2.22. The Morgan fingerprint density at radius 2 is 2.24 bits per heavy atom. The Labute approximate surface area is 106 Å².